The van der Waals surface area contributed by atoms with Crippen molar-refractivity contribution in [3.63, 3.8) is 0 Å². The van der Waals surface area contributed by atoms with Crippen molar-refractivity contribution >= 4 is 35.2 Å². The van der Waals surface area contributed by atoms with Crippen LogP contribution in [0.2, 0.25) is 0 Å². The van der Waals surface area contributed by atoms with Crippen LogP contribution in [0.4, 0.5) is 9.59 Å². The lowest BCUT2D eigenvalue weighted by Crippen LogP contribution is -2.48. The Morgan fingerprint density at radius 2 is 2.21 bits per heavy atom. The Labute approximate surface area is 142 Å². The zero-order chi connectivity index (χ0) is 17.3. The molecule has 1 saturated heterocycles. The lowest BCUT2D eigenvalue weighted by molar-refractivity contribution is -0.135. The molecule has 128 valence electrons. The maximum absolute atomic E-state index is 12.9. The van der Waals surface area contributed by atoms with E-state index in [9.17, 15) is 19.2 Å². The van der Waals surface area contributed by atoms with E-state index in [0.717, 1.165) is 28.2 Å². The summed E-state index contributed by atoms with van der Waals surface area (Å²) in [5, 5.41) is 9.17. The minimum absolute atomic E-state index is 0.367. The number of imide groups is 2. The van der Waals surface area contributed by atoms with Crippen LogP contribution < -0.4 is 16.0 Å². The van der Waals surface area contributed by atoms with E-state index in [1.54, 1.807) is 18.3 Å². The molecule has 9 heteroatoms. The van der Waals surface area contributed by atoms with E-state index in [1.165, 1.54) is 0 Å². The van der Waals surface area contributed by atoms with Crippen LogP contribution in [0.25, 0.3) is 0 Å². The number of aryl methyl sites for hydroxylation is 1. The first-order valence-electron chi connectivity index (χ1n) is 7.76. The van der Waals surface area contributed by atoms with Crippen LogP contribution in [0.5, 0.6) is 0 Å². The standard InChI is InChI=1S/C15H18N4O4S/c1-2-16-13(22)17-11(20)8-19-12(21)15(18-14(19)23)6-3-4-10-9(15)5-7-24-10/h5,7H,2-4,6,8H2,1H3,(H,18,23)(H2,16,17,20,22)/t15-/m0/s1. The number of fused-ring (bicyclic) bond motifs is 2. The maximum atomic E-state index is 12.9. The monoisotopic (exact) mass is 350 g/mol. The first-order chi connectivity index (χ1) is 11.5. The first-order valence-corrected chi connectivity index (χ1v) is 8.64. The van der Waals surface area contributed by atoms with Gasteiger partial charge in [-0.15, -0.1) is 11.3 Å². The van der Waals surface area contributed by atoms with Gasteiger partial charge in [0.05, 0.1) is 0 Å². The molecule has 1 aromatic rings. The molecule has 1 aromatic heterocycles. The topological polar surface area (TPSA) is 108 Å². The van der Waals surface area contributed by atoms with Crippen molar-refractivity contribution in [1.82, 2.24) is 20.9 Å². The SMILES string of the molecule is CCNC(=O)NC(=O)CN1C(=O)N[C@]2(CCCc3sccc32)C1=O. The van der Waals surface area contributed by atoms with Crippen molar-refractivity contribution in [1.29, 1.82) is 0 Å². The lowest BCUT2D eigenvalue weighted by Gasteiger charge is -2.31. The predicted octanol–water partition coefficient (Wildman–Crippen LogP) is 0.677. The Morgan fingerprint density at radius 3 is 2.96 bits per heavy atom. The van der Waals surface area contributed by atoms with Crippen LogP contribution in [-0.2, 0) is 21.5 Å². The fraction of sp³-hybridized carbons (Fsp3) is 0.467. The minimum atomic E-state index is -1.07. The molecule has 2 heterocycles. The van der Waals surface area contributed by atoms with E-state index in [-0.39, 0.29) is 0 Å². The molecule has 3 rings (SSSR count). The average molecular weight is 350 g/mol. The number of urea groups is 2. The Bertz CT molecular complexity index is 716. The molecular formula is C15H18N4O4S. The summed E-state index contributed by atoms with van der Waals surface area (Å²) in [5.41, 5.74) is -0.250. The zero-order valence-electron chi connectivity index (χ0n) is 13.2. The van der Waals surface area contributed by atoms with Crippen molar-refractivity contribution in [2.75, 3.05) is 13.1 Å². The van der Waals surface area contributed by atoms with Crippen LogP contribution in [-0.4, -0.2) is 41.9 Å². The van der Waals surface area contributed by atoms with Gasteiger partial charge in [-0.3, -0.25) is 19.8 Å². The third kappa shape index (κ3) is 2.64. The molecule has 1 atom stereocenters. The van der Waals surface area contributed by atoms with E-state index in [1.807, 2.05) is 11.4 Å². The number of carbonyl (C=O) groups excluding carboxylic acids is 4. The molecule has 0 unspecified atom stereocenters. The number of hydrogen-bond donors (Lipinski definition) is 3. The first kappa shape index (κ1) is 16.4. The molecular weight excluding hydrogens is 332 g/mol. The fourth-order valence-electron chi connectivity index (χ4n) is 3.20. The third-order valence-electron chi connectivity index (χ3n) is 4.23. The highest BCUT2D eigenvalue weighted by molar-refractivity contribution is 7.10. The Hall–Kier alpha value is -2.42. The molecule has 0 saturated carbocycles. The van der Waals surface area contributed by atoms with Gasteiger partial charge in [-0.05, 0) is 37.6 Å². The van der Waals surface area contributed by atoms with Crippen LogP contribution in [0.1, 0.15) is 30.2 Å². The summed E-state index contributed by atoms with van der Waals surface area (Å²) >= 11 is 1.56. The molecule has 1 spiro atoms. The van der Waals surface area contributed by atoms with E-state index in [0.29, 0.717) is 13.0 Å². The summed E-state index contributed by atoms with van der Waals surface area (Å²) in [6.45, 7) is 1.60. The van der Waals surface area contributed by atoms with Gasteiger partial charge in [0.25, 0.3) is 5.91 Å². The molecule has 8 nitrogen and oxygen atoms in total. The predicted molar refractivity (Wildman–Crippen MR) is 86.4 cm³/mol. The Kier molecular flexibility index (Phi) is 4.27. The van der Waals surface area contributed by atoms with Crippen molar-refractivity contribution in [3.8, 4) is 0 Å². The highest BCUT2D eigenvalue weighted by atomic mass is 32.1. The molecule has 2 aliphatic rings. The number of amides is 6. The third-order valence-corrected chi connectivity index (χ3v) is 5.21. The minimum Gasteiger partial charge on any atom is -0.338 e. The molecule has 0 radical (unpaired) electrons. The van der Waals surface area contributed by atoms with Gasteiger partial charge in [0, 0.05) is 17.0 Å². The number of carbonyl (C=O) groups is 4. The van der Waals surface area contributed by atoms with Gasteiger partial charge in [-0.1, -0.05) is 0 Å². The molecule has 6 amide bonds. The smallest absolute Gasteiger partial charge is 0.325 e. The van der Waals surface area contributed by atoms with Crippen molar-refractivity contribution in [2.24, 2.45) is 0 Å². The molecule has 1 aliphatic carbocycles. The van der Waals surface area contributed by atoms with Gasteiger partial charge >= 0.3 is 12.1 Å². The largest absolute Gasteiger partial charge is 0.338 e. The molecule has 3 N–H and O–H groups in total. The second-order valence-electron chi connectivity index (χ2n) is 5.75. The van der Waals surface area contributed by atoms with E-state index >= 15 is 0 Å². The molecule has 0 bridgehead atoms. The van der Waals surface area contributed by atoms with Gasteiger partial charge in [-0.25, -0.2) is 9.59 Å². The normalized spacial score (nSPS) is 22.3. The molecule has 1 aliphatic heterocycles. The molecule has 0 aromatic carbocycles. The molecule has 1 fully saturated rings. The number of hydrogen-bond acceptors (Lipinski definition) is 5. The van der Waals surface area contributed by atoms with Crippen molar-refractivity contribution < 1.29 is 19.2 Å². The quantitative estimate of drug-likeness (QED) is 0.697. The Morgan fingerprint density at radius 1 is 1.42 bits per heavy atom. The van der Waals surface area contributed by atoms with E-state index < -0.39 is 36.0 Å². The highest BCUT2D eigenvalue weighted by Gasteiger charge is 2.54. The van der Waals surface area contributed by atoms with Gasteiger partial charge in [0.15, 0.2) is 0 Å². The fourth-order valence-corrected chi connectivity index (χ4v) is 4.20. The van der Waals surface area contributed by atoms with Crippen LogP contribution in [0.15, 0.2) is 11.4 Å². The van der Waals surface area contributed by atoms with Crippen LogP contribution >= 0.6 is 11.3 Å². The van der Waals surface area contributed by atoms with Crippen LogP contribution in [0.3, 0.4) is 0 Å². The second kappa shape index (κ2) is 6.23. The summed E-state index contributed by atoms with van der Waals surface area (Å²) in [7, 11) is 0. The number of nitrogens with zero attached hydrogens (tertiary/aromatic N) is 1. The van der Waals surface area contributed by atoms with Crippen molar-refractivity contribution in [3.05, 3.63) is 21.9 Å². The highest BCUT2D eigenvalue weighted by Crippen LogP contribution is 2.41. The average Bonchev–Trinajstić information content (AvgIpc) is 3.09. The molecule has 24 heavy (non-hydrogen) atoms. The summed E-state index contributed by atoms with van der Waals surface area (Å²) < 4.78 is 0. The summed E-state index contributed by atoms with van der Waals surface area (Å²) in [5.74, 6) is -1.14. The summed E-state index contributed by atoms with van der Waals surface area (Å²) in [6, 6.07) is 0.599. The number of thiophene rings is 1. The van der Waals surface area contributed by atoms with E-state index in [2.05, 4.69) is 16.0 Å². The summed E-state index contributed by atoms with van der Waals surface area (Å²) in [6.07, 6.45) is 2.18. The maximum Gasteiger partial charge on any atom is 0.325 e. The number of nitrogens with one attached hydrogen (secondary N) is 3. The second-order valence-corrected chi connectivity index (χ2v) is 6.75. The van der Waals surface area contributed by atoms with Crippen LogP contribution in [0, 0.1) is 0 Å². The summed E-state index contributed by atoms with van der Waals surface area (Å²) in [4.78, 5) is 50.4. The zero-order valence-corrected chi connectivity index (χ0v) is 14.0. The van der Waals surface area contributed by atoms with E-state index in [4.69, 9.17) is 0 Å². The Balaban J connectivity index is 1.76. The van der Waals surface area contributed by atoms with Crippen molar-refractivity contribution in [2.45, 2.75) is 31.7 Å². The lowest BCUT2D eigenvalue weighted by atomic mass is 9.80. The van der Waals surface area contributed by atoms with Gasteiger partial charge < -0.3 is 10.6 Å². The van der Waals surface area contributed by atoms with Gasteiger partial charge in [-0.2, -0.15) is 0 Å². The van der Waals surface area contributed by atoms with Gasteiger partial charge in [0.1, 0.15) is 12.1 Å². The number of rotatable bonds is 3. The van der Waals surface area contributed by atoms with Gasteiger partial charge in [0.2, 0.25) is 5.91 Å².